The van der Waals surface area contributed by atoms with E-state index in [1.54, 1.807) is 12.4 Å². The maximum atomic E-state index is 11.3. The summed E-state index contributed by atoms with van der Waals surface area (Å²) in [6, 6.07) is 3.79. The van der Waals surface area contributed by atoms with Gasteiger partial charge in [-0.25, -0.2) is 0 Å². The van der Waals surface area contributed by atoms with Gasteiger partial charge in [0.05, 0.1) is 19.1 Å². The van der Waals surface area contributed by atoms with Crippen molar-refractivity contribution in [3.05, 3.63) is 30.1 Å². The van der Waals surface area contributed by atoms with Crippen molar-refractivity contribution in [3.8, 4) is 0 Å². The van der Waals surface area contributed by atoms with Crippen LogP contribution in [0.1, 0.15) is 18.9 Å². The standard InChI is InChI=1S/C11H16N2O2/c1-11(12-2,7-10(14)15-3)9-5-4-6-13-8-9/h4-6,8,12H,7H2,1-3H3. The monoisotopic (exact) mass is 208 g/mol. The van der Waals surface area contributed by atoms with Crippen LogP contribution in [0.2, 0.25) is 0 Å². The highest BCUT2D eigenvalue weighted by atomic mass is 16.5. The molecule has 1 atom stereocenters. The van der Waals surface area contributed by atoms with E-state index >= 15 is 0 Å². The number of rotatable bonds is 4. The Kier molecular flexibility index (Phi) is 3.80. The summed E-state index contributed by atoms with van der Waals surface area (Å²) in [5.41, 5.74) is 0.541. The van der Waals surface area contributed by atoms with Gasteiger partial charge in [-0.1, -0.05) is 6.07 Å². The van der Waals surface area contributed by atoms with Crippen LogP contribution >= 0.6 is 0 Å². The summed E-state index contributed by atoms with van der Waals surface area (Å²) in [5.74, 6) is -0.240. The number of ether oxygens (including phenoxy) is 1. The summed E-state index contributed by atoms with van der Waals surface area (Å²) in [7, 11) is 3.21. The Balaban J connectivity index is 2.90. The number of methoxy groups -OCH3 is 1. The third-order valence-electron chi connectivity index (χ3n) is 2.58. The van der Waals surface area contributed by atoms with Gasteiger partial charge in [0.1, 0.15) is 0 Å². The zero-order valence-corrected chi connectivity index (χ0v) is 9.28. The summed E-state index contributed by atoms with van der Waals surface area (Å²) < 4.78 is 4.67. The first-order chi connectivity index (χ1) is 7.12. The Morgan fingerprint density at radius 2 is 2.40 bits per heavy atom. The number of carbonyl (C=O) groups excluding carboxylic acids is 1. The predicted octanol–water partition coefficient (Wildman–Crippen LogP) is 1.08. The summed E-state index contributed by atoms with van der Waals surface area (Å²) in [6.07, 6.45) is 3.74. The fourth-order valence-corrected chi connectivity index (χ4v) is 1.38. The van der Waals surface area contributed by atoms with Gasteiger partial charge in [0.2, 0.25) is 0 Å². The first kappa shape index (κ1) is 11.7. The Bertz CT molecular complexity index is 327. The van der Waals surface area contributed by atoms with Gasteiger partial charge >= 0.3 is 5.97 Å². The lowest BCUT2D eigenvalue weighted by Gasteiger charge is -2.28. The number of carbonyl (C=O) groups is 1. The molecular weight excluding hydrogens is 192 g/mol. The van der Waals surface area contributed by atoms with Crippen molar-refractivity contribution in [1.82, 2.24) is 10.3 Å². The molecule has 0 radical (unpaired) electrons. The second-order valence-electron chi connectivity index (χ2n) is 3.58. The molecule has 0 aliphatic carbocycles. The molecule has 1 rings (SSSR count). The molecule has 1 heterocycles. The molecule has 1 aromatic rings. The van der Waals surface area contributed by atoms with Crippen LogP contribution in [-0.4, -0.2) is 25.1 Å². The zero-order valence-electron chi connectivity index (χ0n) is 9.28. The van der Waals surface area contributed by atoms with E-state index in [0.29, 0.717) is 0 Å². The van der Waals surface area contributed by atoms with Gasteiger partial charge in [0, 0.05) is 12.4 Å². The number of hydrogen-bond acceptors (Lipinski definition) is 4. The SMILES string of the molecule is CNC(C)(CC(=O)OC)c1cccnc1. The molecule has 1 aromatic heterocycles. The molecule has 0 aliphatic rings. The molecule has 82 valence electrons. The highest BCUT2D eigenvalue weighted by Gasteiger charge is 2.28. The summed E-state index contributed by atoms with van der Waals surface area (Å²) in [4.78, 5) is 15.3. The van der Waals surface area contributed by atoms with Crippen molar-refractivity contribution in [1.29, 1.82) is 0 Å². The lowest BCUT2D eigenvalue weighted by molar-refractivity contribution is -0.142. The number of hydrogen-bond donors (Lipinski definition) is 1. The summed E-state index contributed by atoms with van der Waals surface area (Å²) >= 11 is 0. The average Bonchev–Trinajstić information content (AvgIpc) is 2.30. The van der Waals surface area contributed by atoms with Crippen LogP contribution in [0.25, 0.3) is 0 Å². The Morgan fingerprint density at radius 1 is 1.67 bits per heavy atom. The van der Waals surface area contributed by atoms with Crippen LogP contribution in [0.5, 0.6) is 0 Å². The molecule has 15 heavy (non-hydrogen) atoms. The van der Waals surface area contributed by atoms with Gasteiger partial charge < -0.3 is 10.1 Å². The Morgan fingerprint density at radius 3 is 2.87 bits per heavy atom. The Labute approximate surface area is 89.7 Å². The molecule has 0 saturated heterocycles. The molecule has 0 saturated carbocycles. The smallest absolute Gasteiger partial charge is 0.307 e. The molecule has 1 unspecified atom stereocenters. The van der Waals surface area contributed by atoms with Gasteiger partial charge in [-0.05, 0) is 25.6 Å². The largest absolute Gasteiger partial charge is 0.469 e. The van der Waals surface area contributed by atoms with E-state index in [2.05, 4.69) is 15.0 Å². The van der Waals surface area contributed by atoms with Gasteiger partial charge in [0.25, 0.3) is 0 Å². The summed E-state index contributed by atoms with van der Waals surface area (Å²) in [5, 5.41) is 3.12. The fraction of sp³-hybridized carbons (Fsp3) is 0.455. The van der Waals surface area contributed by atoms with Crippen LogP contribution in [0, 0.1) is 0 Å². The fourth-order valence-electron chi connectivity index (χ4n) is 1.38. The lowest BCUT2D eigenvalue weighted by Crippen LogP contribution is -2.39. The quantitative estimate of drug-likeness (QED) is 0.752. The Hall–Kier alpha value is -1.42. The van der Waals surface area contributed by atoms with E-state index in [9.17, 15) is 4.79 Å². The molecule has 0 amide bonds. The lowest BCUT2D eigenvalue weighted by atomic mass is 9.90. The van der Waals surface area contributed by atoms with Crippen molar-refractivity contribution in [2.45, 2.75) is 18.9 Å². The van der Waals surface area contributed by atoms with Crippen molar-refractivity contribution in [2.75, 3.05) is 14.2 Å². The van der Waals surface area contributed by atoms with Crippen LogP contribution in [0.3, 0.4) is 0 Å². The van der Waals surface area contributed by atoms with E-state index in [1.807, 2.05) is 26.1 Å². The number of aromatic nitrogens is 1. The van der Waals surface area contributed by atoms with Crippen LogP contribution < -0.4 is 5.32 Å². The molecule has 4 heteroatoms. The molecule has 0 fully saturated rings. The molecular formula is C11H16N2O2. The minimum atomic E-state index is -0.429. The van der Waals surface area contributed by atoms with Crippen molar-refractivity contribution in [3.63, 3.8) is 0 Å². The van der Waals surface area contributed by atoms with Gasteiger partial charge in [0.15, 0.2) is 0 Å². The molecule has 0 spiro atoms. The van der Waals surface area contributed by atoms with E-state index < -0.39 is 5.54 Å². The average molecular weight is 208 g/mol. The first-order valence-corrected chi connectivity index (χ1v) is 4.78. The number of esters is 1. The predicted molar refractivity (Wildman–Crippen MR) is 57.3 cm³/mol. The van der Waals surface area contributed by atoms with Crippen molar-refractivity contribution < 1.29 is 9.53 Å². The second-order valence-corrected chi connectivity index (χ2v) is 3.58. The van der Waals surface area contributed by atoms with Crippen LogP contribution in [-0.2, 0) is 15.1 Å². The van der Waals surface area contributed by atoms with Crippen molar-refractivity contribution in [2.24, 2.45) is 0 Å². The number of nitrogens with one attached hydrogen (secondary N) is 1. The number of nitrogens with zero attached hydrogens (tertiary/aromatic N) is 1. The minimum absolute atomic E-state index is 0.240. The maximum Gasteiger partial charge on any atom is 0.307 e. The van der Waals surface area contributed by atoms with Crippen LogP contribution in [0.15, 0.2) is 24.5 Å². The van der Waals surface area contributed by atoms with Crippen molar-refractivity contribution >= 4 is 5.97 Å². The normalized spacial score (nSPS) is 14.3. The molecule has 0 aromatic carbocycles. The number of pyridine rings is 1. The zero-order chi connectivity index (χ0) is 11.3. The topological polar surface area (TPSA) is 51.2 Å². The third kappa shape index (κ3) is 2.76. The molecule has 0 bridgehead atoms. The molecule has 1 N–H and O–H groups in total. The van der Waals surface area contributed by atoms with Gasteiger partial charge in [-0.3, -0.25) is 9.78 Å². The van der Waals surface area contributed by atoms with E-state index in [-0.39, 0.29) is 12.4 Å². The third-order valence-corrected chi connectivity index (χ3v) is 2.58. The minimum Gasteiger partial charge on any atom is -0.469 e. The van der Waals surface area contributed by atoms with E-state index in [0.717, 1.165) is 5.56 Å². The highest BCUT2D eigenvalue weighted by Crippen LogP contribution is 2.23. The second kappa shape index (κ2) is 4.89. The maximum absolute atomic E-state index is 11.3. The molecule has 0 aliphatic heterocycles. The highest BCUT2D eigenvalue weighted by molar-refractivity contribution is 5.71. The van der Waals surface area contributed by atoms with E-state index in [4.69, 9.17) is 0 Å². The van der Waals surface area contributed by atoms with Gasteiger partial charge in [-0.2, -0.15) is 0 Å². The van der Waals surface area contributed by atoms with Gasteiger partial charge in [-0.15, -0.1) is 0 Å². The van der Waals surface area contributed by atoms with E-state index in [1.165, 1.54) is 7.11 Å². The molecule has 4 nitrogen and oxygen atoms in total. The first-order valence-electron chi connectivity index (χ1n) is 4.78. The summed E-state index contributed by atoms with van der Waals surface area (Å²) in [6.45, 7) is 1.95. The van der Waals surface area contributed by atoms with Crippen LogP contribution in [0.4, 0.5) is 0 Å².